The third-order valence-corrected chi connectivity index (χ3v) is 3.28. The summed E-state index contributed by atoms with van der Waals surface area (Å²) in [7, 11) is 0. The minimum atomic E-state index is -4.64. The number of halogens is 3. The lowest BCUT2D eigenvalue weighted by molar-refractivity contribution is -0.155. The minimum absolute atomic E-state index is 0.0660. The van der Waals surface area contributed by atoms with Crippen LogP contribution in [0.2, 0.25) is 0 Å². The molecule has 1 N–H and O–H groups in total. The second kappa shape index (κ2) is 5.71. The maximum Gasteiger partial charge on any atom is 0.412 e. The van der Waals surface area contributed by atoms with E-state index in [2.05, 4.69) is 9.97 Å². The van der Waals surface area contributed by atoms with Gasteiger partial charge < -0.3 is 9.72 Å². The van der Waals surface area contributed by atoms with Crippen molar-refractivity contribution in [2.45, 2.75) is 12.2 Å². The van der Waals surface area contributed by atoms with E-state index in [4.69, 9.17) is 0 Å². The fourth-order valence-electron chi connectivity index (χ4n) is 2.22. The molecular weight excluding hydrogens is 309 g/mol. The minimum Gasteiger partial charge on any atom is -0.335 e. The van der Waals surface area contributed by atoms with Crippen LogP contribution in [0.1, 0.15) is 22.1 Å². The van der Waals surface area contributed by atoms with Crippen LogP contribution in [0.3, 0.4) is 0 Å². The van der Waals surface area contributed by atoms with Crippen molar-refractivity contribution in [3.63, 3.8) is 0 Å². The number of nitrogens with one attached hydrogen (secondary N) is 1. The van der Waals surface area contributed by atoms with Crippen molar-refractivity contribution in [1.82, 2.24) is 19.7 Å². The van der Waals surface area contributed by atoms with Crippen LogP contribution in [0.15, 0.2) is 55.2 Å². The van der Waals surface area contributed by atoms with Crippen LogP contribution in [0, 0.1) is 0 Å². The molecule has 0 aromatic carbocycles. The predicted octanol–water partition coefficient (Wildman–Crippen LogP) is 2.76. The molecule has 3 aromatic rings. The molecule has 5 nitrogen and oxygen atoms in total. The zero-order valence-corrected chi connectivity index (χ0v) is 11.7. The Kier molecular flexibility index (Phi) is 3.73. The lowest BCUT2D eigenvalue weighted by atomic mass is 10.1. The number of imidazole rings is 1. The Morgan fingerprint density at radius 1 is 1.22 bits per heavy atom. The first kappa shape index (κ1) is 15.0. The van der Waals surface area contributed by atoms with Gasteiger partial charge in [-0.25, -0.2) is 4.98 Å². The quantitative estimate of drug-likeness (QED) is 0.807. The van der Waals surface area contributed by atoms with E-state index >= 15 is 0 Å². The van der Waals surface area contributed by atoms with Gasteiger partial charge in [0.1, 0.15) is 6.33 Å². The van der Waals surface area contributed by atoms with E-state index in [1.54, 1.807) is 28.8 Å². The van der Waals surface area contributed by atoms with Crippen molar-refractivity contribution in [2.75, 3.05) is 0 Å². The van der Waals surface area contributed by atoms with Crippen LogP contribution in [0.5, 0.6) is 0 Å². The van der Waals surface area contributed by atoms with Crippen LogP contribution in [-0.2, 0) is 0 Å². The van der Waals surface area contributed by atoms with Gasteiger partial charge in [0.2, 0.25) is 0 Å². The number of carbonyl (C=O) groups is 1. The summed E-state index contributed by atoms with van der Waals surface area (Å²) in [6.07, 6.45) is 0.817. The van der Waals surface area contributed by atoms with E-state index in [1.807, 2.05) is 5.32 Å². The molecule has 0 saturated heterocycles. The van der Waals surface area contributed by atoms with Crippen LogP contribution in [-0.4, -0.2) is 26.5 Å². The number of alkyl halides is 3. The predicted molar refractivity (Wildman–Crippen MR) is 75.7 cm³/mol. The Morgan fingerprint density at radius 3 is 2.74 bits per heavy atom. The smallest absolute Gasteiger partial charge is 0.335 e. The molecule has 23 heavy (non-hydrogen) atoms. The van der Waals surface area contributed by atoms with Gasteiger partial charge in [-0.15, -0.1) is 0 Å². The number of fused-ring (bicyclic) bond motifs is 1. The highest BCUT2D eigenvalue weighted by molar-refractivity contribution is 5.99. The highest BCUT2D eigenvalue weighted by atomic mass is 19.4. The van der Waals surface area contributed by atoms with Gasteiger partial charge in [0.15, 0.2) is 11.7 Å². The second-order valence-electron chi connectivity index (χ2n) is 4.82. The Bertz CT molecular complexity index is 829. The summed E-state index contributed by atoms with van der Waals surface area (Å²) in [6, 6.07) is 5.50. The van der Waals surface area contributed by atoms with E-state index in [9.17, 15) is 18.0 Å². The van der Waals surface area contributed by atoms with Crippen LogP contribution in [0.4, 0.5) is 13.2 Å². The van der Waals surface area contributed by atoms with Gasteiger partial charge in [0, 0.05) is 24.2 Å². The third-order valence-electron chi connectivity index (χ3n) is 3.28. The summed E-state index contributed by atoms with van der Waals surface area (Å²) < 4.78 is 41.3. The van der Waals surface area contributed by atoms with Gasteiger partial charge in [-0.05, 0) is 18.2 Å². The average Bonchev–Trinajstić information content (AvgIpc) is 2.96. The van der Waals surface area contributed by atoms with Gasteiger partial charge in [-0.3, -0.25) is 9.78 Å². The Labute approximate surface area is 128 Å². The van der Waals surface area contributed by atoms with Gasteiger partial charge in [-0.1, -0.05) is 12.1 Å². The van der Waals surface area contributed by atoms with Crippen molar-refractivity contribution >= 4 is 11.4 Å². The molecule has 8 heteroatoms. The van der Waals surface area contributed by atoms with Crippen molar-refractivity contribution in [3.05, 3.63) is 66.5 Å². The molecule has 118 valence electrons. The molecule has 0 bridgehead atoms. The molecule has 0 aliphatic heterocycles. The van der Waals surface area contributed by atoms with E-state index in [1.165, 1.54) is 24.7 Å². The number of hydrogen-bond donors (Lipinski definition) is 1. The molecular formula is C15H11F3N4O. The standard InChI is InChI=1S/C15H11F3N4O/c16-15(17,18)13(10-4-3-6-19-8-10)21-14(23)12-11-5-1-2-7-22(11)9-20-12/h1-9,13H,(H,21,23). The molecule has 0 radical (unpaired) electrons. The third kappa shape index (κ3) is 3.01. The highest BCUT2D eigenvalue weighted by Gasteiger charge is 2.42. The number of aromatic nitrogens is 3. The van der Waals surface area contributed by atoms with E-state index in [0.29, 0.717) is 5.52 Å². The average molecular weight is 320 g/mol. The fraction of sp³-hybridized carbons (Fsp3) is 0.133. The van der Waals surface area contributed by atoms with Gasteiger partial charge in [-0.2, -0.15) is 13.2 Å². The number of rotatable bonds is 3. The summed E-state index contributed by atoms with van der Waals surface area (Å²) in [4.78, 5) is 19.8. The SMILES string of the molecule is O=C(NC(c1cccnc1)C(F)(F)F)c1ncn2ccccc12. The first-order chi connectivity index (χ1) is 11.0. The fourth-order valence-corrected chi connectivity index (χ4v) is 2.22. The Hall–Kier alpha value is -2.90. The maximum atomic E-state index is 13.3. The number of hydrogen-bond acceptors (Lipinski definition) is 3. The molecule has 1 unspecified atom stereocenters. The molecule has 3 heterocycles. The summed E-state index contributed by atoms with van der Waals surface area (Å²) in [5, 5.41) is 1.99. The molecule has 0 aliphatic rings. The van der Waals surface area contributed by atoms with E-state index < -0.39 is 18.1 Å². The molecule has 0 spiro atoms. The lowest BCUT2D eigenvalue weighted by Gasteiger charge is -2.21. The van der Waals surface area contributed by atoms with E-state index in [0.717, 1.165) is 6.20 Å². The van der Waals surface area contributed by atoms with Crippen molar-refractivity contribution in [2.24, 2.45) is 0 Å². The number of amides is 1. The molecule has 1 amide bonds. The van der Waals surface area contributed by atoms with Gasteiger partial charge in [0.25, 0.3) is 5.91 Å². The van der Waals surface area contributed by atoms with Crippen LogP contribution in [0.25, 0.3) is 5.52 Å². The molecule has 3 aromatic heterocycles. The topological polar surface area (TPSA) is 59.3 Å². The zero-order valence-electron chi connectivity index (χ0n) is 11.7. The summed E-state index contributed by atoms with van der Waals surface area (Å²) in [6.45, 7) is 0. The summed E-state index contributed by atoms with van der Waals surface area (Å²) >= 11 is 0. The number of pyridine rings is 2. The van der Waals surface area contributed by atoms with Crippen molar-refractivity contribution in [1.29, 1.82) is 0 Å². The Balaban J connectivity index is 1.93. The summed E-state index contributed by atoms with van der Waals surface area (Å²) in [5.41, 5.74) is 0.220. The normalized spacial score (nSPS) is 13.0. The van der Waals surface area contributed by atoms with Gasteiger partial charge >= 0.3 is 6.18 Å². The molecule has 0 fully saturated rings. The lowest BCUT2D eigenvalue weighted by Crippen LogP contribution is -2.38. The van der Waals surface area contributed by atoms with Gasteiger partial charge in [0.05, 0.1) is 5.52 Å². The molecule has 0 aliphatic carbocycles. The van der Waals surface area contributed by atoms with Crippen molar-refractivity contribution in [3.8, 4) is 0 Å². The second-order valence-corrected chi connectivity index (χ2v) is 4.82. The maximum absolute atomic E-state index is 13.3. The molecule has 3 rings (SSSR count). The zero-order chi connectivity index (χ0) is 16.4. The first-order valence-corrected chi connectivity index (χ1v) is 6.66. The Morgan fingerprint density at radius 2 is 2.04 bits per heavy atom. The number of nitrogens with zero attached hydrogens (tertiary/aromatic N) is 3. The highest BCUT2D eigenvalue weighted by Crippen LogP contribution is 2.32. The summed E-state index contributed by atoms with van der Waals surface area (Å²) in [5.74, 6) is -0.898. The largest absolute Gasteiger partial charge is 0.412 e. The van der Waals surface area contributed by atoms with Crippen molar-refractivity contribution < 1.29 is 18.0 Å². The van der Waals surface area contributed by atoms with Crippen LogP contribution < -0.4 is 5.32 Å². The monoisotopic (exact) mass is 320 g/mol. The number of carbonyl (C=O) groups excluding carboxylic acids is 1. The van der Waals surface area contributed by atoms with E-state index in [-0.39, 0.29) is 11.3 Å². The first-order valence-electron chi connectivity index (χ1n) is 6.66. The molecule has 0 saturated carbocycles. The van der Waals surface area contributed by atoms with Crippen LogP contribution >= 0.6 is 0 Å². The molecule has 1 atom stereocenters.